The number of hydrogen-bond donors (Lipinski definition) is 0. The maximum atomic E-state index is 12.3. The number of likely N-dealkylation sites (tertiary alicyclic amines) is 1. The highest BCUT2D eigenvalue weighted by atomic mass is 16.6. The summed E-state index contributed by atoms with van der Waals surface area (Å²) in [6.07, 6.45) is 4.40. The topological polar surface area (TPSA) is 81.3 Å². The molecule has 19 heavy (non-hydrogen) atoms. The first-order valence-electron chi connectivity index (χ1n) is 6.30. The smallest absolute Gasteiger partial charge is 0.307 e. The molecule has 104 valence electrons. The van der Waals surface area contributed by atoms with Gasteiger partial charge in [-0.25, -0.2) is 0 Å². The summed E-state index contributed by atoms with van der Waals surface area (Å²) in [5, 5.41) is 14.4. The molecule has 0 bridgehead atoms. The average molecular weight is 266 g/mol. The average Bonchev–Trinajstić information content (AvgIpc) is 2.84. The van der Waals surface area contributed by atoms with E-state index in [1.54, 1.807) is 0 Å². The van der Waals surface area contributed by atoms with E-state index >= 15 is 0 Å². The van der Waals surface area contributed by atoms with Crippen molar-refractivity contribution in [3.63, 3.8) is 0 Å². The minimum absolute atomic E-state index is 0.0433. The number of aromatic nitrogens is 2. The summed E-state index contributed by atoms with van der Waals surface area (Å²) >= 11 is 0. The monoisotopic (exact) mass is 266 g/mol. The van der Waals surface area contributed by atoms with Crippen LogP contribution in [0.4, 0.5) is 5.69 Å². The zero-order valence-electron chi connectivity index (χ0n) is 11.4. The van der Waals surface area contributed by atoms with Crippen LogP contribution in [-0.4, -0.2) is 37.1 Å². The first-order chi connectivity index (χ1) is 8.81. The number of nitro groups is 1. The Morgan fingerprint density at radius 1 is 1.63 bits per heavy atom. The van der Waals surface area contributed by atoms with Gasteiger partial charge in [-0.15, -0.1) is 0 Å². The van der Waals surface area contributed by atoms with Gasteiger partial charge in [0.1, 0.15) is 18.9 Å². The van der Waals surface area contributed by atoms with Gasteiger partial charge in [-0.2, -0.15) is 5.10 Å². The molecule has 1 amide bonds. The molecule has 1 atom stereocenters. The van der Waals surface area contributed by atoms with Crippen molar-refractivity contribution in [3.8, 4) is 0 Å². The Morgan fingerprint density at radius 3 is 2.79 bits per heavy atom. The Labute approximate surface area is 111 Å². The zero-order chi connectivity index (χ0) is 14.2. The Hall–Kier alpha value is -1.92. The molecule has 1 saturated heterocycles. The predicted octanol–water partition coefficient (Wildman–Crippen LogP) is 1.58. The summed E-state index contributed by atoms with van der Waals surface area (Å²) in [6, 6.07) is 0.202. The van der Waals surface area contributed by atoms with Crippen molar-refractivity contribution in [1.29, 1.82) is 0 Å². The molecule has 1 aromatic heterocycles. The summed E-state index contributed by atoms with van der Waals surface area (Å²) in [7, 11) is 0. The number of hydrogen-bond acceptors (Lipinski definition) is 4. The van der Waals surface area contributed by atoms with Gasteiger partial charge in [-0.1, -0.05) is 0 Å². The quantitative estimate of drug-likeness (QED) is 0.614. The van der Waals surface area contributed by atoms with Gasteiger partial charge >= 0.3 is 5.69 Å². The molecule has 1 aliphatic heterocycles. The van der Waals surface area contributed by atoms with Gasteiger partial charge in [0.25, 0.3) is 0 Å². The molecule has 1 aliphatic rings. The third-order valence-electron chi connectivity index (χ3n) is 3.66. The van der Waals surface area contributed by atoms with E-state index < -0.39 is 4.92 Å². The molecule has 7 heteroatoms. The van der Waals surface area contributed by atoms with E-state index in [1.807, 2.05) is 25.7 Å². The van der Waals surface area contributed by atoms with Crippen LogP contribution >= 0.6 is 0 Å². The van der Waals surface area contributed by atoms with E-state index in [-0.39, 0.29) is 29.7 Å². The van der Waals surface area contributed by atoms with E-state index in [0.717, 1.165) is 19.0 Å². The number of amides is 1. The first-order valence-corrected chi connectivity index (χ1v) is 6.30. The van der Waals surface area contributed by atoms with E-state index in [9.17, 15) is 14.9 Å². The third kappa shape index (κ3) is 2.59. The summed E-state index contributed by atoms with van der Waals surface area (Å²) in [6.45, 7) is 6.15. The van der Waals surface area contributed by atoms with Crippen molar-refractivity contribution in [2.75, 3.05) is 0 Å². The van der Waals surface area contributed by atoms with Gasteiger partial charge in [-0.3, -0.25) is 19.6 Å². The highest BCUT2D eigenvalue weighted by molar-refractivity contribution is 5.77. The van der Waals surface area contributed by atoms with Gasteiger partial charge in [0.05, 0.1) is 4.92 Å². The molecule has 0 spiro atoms. The predicted molar refractivity (Wildman–Crippen MR) is 68.5 cm³/mol. The molecule has 7 nitrogen and oxygen atoms in total. The Balaban J connectivity index is 2.10. The van der Waals surface area contributed by atoms with Gasteiger partial charge in [0.2, 0.25) is 5.91 Å². The van der Waals surface area contributed by atoms with Crippen LogP contribution in [0.5, 0.6) is 0 Å². The minimum atomic E-state index is -0.517. The lowest BCUT2D eigenvalue weighted by molar-refractivity contribution is -0.385. The molecule has 1 fully saturated rings. The van der Waals surface area contributed by atoms with Crippen LogP contribution in [0.25, 0.3) is 0 Å². The molecule has 0 aromatic carbocycles. The molecule has 2 heterocycles. The fraction of sp³-hybridized carbons (Fsp3) is 0.667. The van der Waals surface area contributed by atoms with Crippen molar-refractivity contribution in [1.82, 2.24) is 14.7 Å². The molecule has 0 radical (unpaired) electrons. The third-order valence-corrected chi connectivity index (χ3v) is 3.66. The largest absolute Gasteiger partial charge is 0.333 e. The summed E-state index contributed by atoms with van der Waals surface area (Å²) in [5.41, 5.74) is -0.253. The van der Waals surface area contributed by atoms with Crippen molar-refractivity contribution in [2.24, 2.45) is 0 Å². The normalized spacial score (nSPS) is 21.6. The SMILES string of the molecule is CC1CCC(C)(C)N1C(=O)Cn1cc([N+](=O)[O-])cn1. The minimum Gasteiger partial charge on any atom is -0.333 e. The molecule has 2 rings (SSSR count). The molecule has 1 aromatic rings. The Kier molecular flexibility index (Phi) is 3.30. The fourth-order valence-electron chi connectivity index (χ4n) is 2.74. The van der Waals surface area contributed by atoms with E-state index in [4.69, 9.17) is 0 Å². The highest BCUT2D eigenvalue weighted by Gasteiger charge is 2.40. The highest BCUT2D eigenvalue weighted by Crippen LogP contribution is 2.33. The van der Waals surface area contributed by atoms with Crippen LogP contribution in [0, 0.1) is 10.1 Å². The molecule has 0 saturated carbocycles. The molecule has 0 aliphatic carbocycles. The van der Waals surface area contributed by atoms with Crippen molar-refractivity contribution >= 4 is 11.6 Å². The molecule has 1 unspecified atom stereocenters. The second-order valence-electron chi connectivity index (χ2n) is 5.62. The molecular formula is C12H18N4O3. The Morgan fingerprint density at radius 2 is 2.32 bits per heavy atom. The standard InChI is InChI=1S/C12H18N4O3/c1-9-4-5-12(2,3)15(9)11(17)8-14-7-10(6-13-14)16(18)19/h6-7,9H,4-5,8H2,1-3H3. The maximum Gasteiger partial charge on any atom is 0.307 e. The maximum absolute atomic E-state index is 12.3. The summed E-state index contributed by atoms with van der Waals surface area (Å²) < 4.78 is 1.32. The second-order valence-corrected chi connectivity index (χ2v) is 5.62. The number of nitrogens with zero attached hydrogens (tertiary/aromatic N) is 4. The van der Waals surface area contributed by atoms with E-state index in [0.29, 0.717) is 0 Å². The van der Waals surface area contributed by atoms with Gasteiger partial charge in [0.15, 0.2) is 0 Å². The second kappa shape index (κ2) is 4.64. The van der Waals surface area contributed by atoms with E-state index in [2.05, 4.69) is 5.10 Å². The lowest BCUT2D eigenvalue weighted by atomic mass is 10.0. The molecular weight excluding hydrogens is 248 g/mol. The van der Waals surface area contributed by atoms with Gasteiger partial charge in [-0.05, 0) is 33.6 Å². The van der Waals surface area contributed by atoms with E-state index in [1.165, 1.54) is 10.9 Å². The van der Waals surface area contributed by atoms with Crippen molar-refractivity contribution < 1.29 is 9.72 Å². The van der Waals surface area contributed by atoms with Crippen LogP contribution in [0.15, 0.2) is 12.4 Å². The first kappa shape index (κ1) is 13.5. The zero-order valence-corrected chi connectivity index (χ0v) is 11.4. The lowest BCUT2D eigenvalue weighted by Gasteiger charge is -2.34. The van der Waals surface area contributed by atoms with Gasteiger partial charge < -0.3 is 4.90 Å². The number of carbonyl (C=O) groups excluding carboxylic acids is 1. The lowest BCUT2D eigenvalue weighted by Crippen LogP contribution is -2.47. The van der Waals surface area contributed by atoms with Gasteiger partial charge in [0, 0.05) is 11.6 Å². The molecule has 0 N–H and O–H groups in total. The number of rotatable bonds is 3. The van der Waals surface area contributed by atoms with Crippen LogP contribution in [0.1, 0.15) is 33.6 Å². The Bertz CT molecular complexity index is 509. The van der Waals surface area contributed by atoms with Crippen LogP contribution in [0.3, 0.4) is 0 Å². The van der Waals surface area contributed by atoms with Crippen molar-refractivity contribution in [3.05, 3.63) is 22.5 Å². The van der Waals surface area contributed by atoms with Crippen LogP contribution in [0.2, 0.25) is 0 Å². The fourth-order valence-corrected chi connectivity index (χ4v) is 2.74. The van der Waals surface area contributed by atoms with Crippen LogP contribution < -0.4 is 0 Å². The number of carbonyl (C=O) groups is 1. The van der Waals surface area contributed by atoms with Crippen LogP contribution in [-0.2, 0) is 11.3 Å². The summed E-state index contributed by atoms with van der Waals surface area (Å²) in [5.74, 6) is -0.0482. The van der Waals surface area contributed by atoms with Crippen molar-refractivity contribution in [2.45, 2.75) is 51.7 Å². The summed E-state index contributed by atoms with van der Waals surface area (Å²) in [4.78, 5) is 24.2.